The quantitative estimate of drug-likeness (QED) is 0.376. The van der Waals surface area contributed by atoms with Crippen molar-refractivity contribution in [3.63, 3.8) is 0 Å². The van der Waals surface area contributed by atoms with E-state index in [1.165, 1.54) is 11.8 Å². The Morgan fingerprint density at radius 1 is 1.44 bits per heavy atom. The number of hydrogen-bond donors (Lipinski definition) is 2. The predicted octanol–water partition coefficient (Wildman–Crippen LogP) is 1.78. The van der Waals surface area contributed by atoms with E-state index in [0.29, 0.717) is 5.56 Å². The van der Waals surface area contributed by atoms with Gasteiger partial charge in [0.2, 0.25) is 0 Å². The molecule has 0 radical (unpaired) electrons. The first-order valence-electron chi connectivity index (χ1n) is 4.31. The van der Waals surface area contributed by atoms with Crippen molar-refractivity contribution < 1.29 is 5.21 Å². The first-order chi connectivity index (χ1) is 7.79. The van der Waals surface area contributed by atoms with Crippen LogP contribution in [0, 0.1) is 0 Å². The summed E-state index contributed by atoms with van der Waals surface area (Å²) in [4.78, 5) is 8.32. The molecule has 16 heavy (non-hydrogen) atoms. The maximum Gasteiger partial charge on any atom is 0.171 e. The number of hydrogen-bond acceptors (Lipinski definition) is 6. The van der Waals surface area contributed by atoms with Crippen LogP contribution in [-0.2, 0) is 0 Å². The first-order valence-corrected chi connectivity index (χ1v) is 6.00. The summed E-state index contributed by atoms with van der Waals surface area (Å²) in [6, 6.07) is 3.55. The highest BCUT2D eigenvalue weighted by Gasteiger charge is 2.03. The zero-order valence-corrected chi connectivity index (χ0v) is 9.70. The lowest BCUT2D eigenvalue weighted by atomic mass is 10.3. The van der Waals surface area contributed by atoms with E-state index >= 15 is 0 Å². The van der Waals surface area contributed by atoms with E-state index in [4.69, 9.17) is 10.9 Å². The van der Waals surface area contributed by atoms with Gasteiger partial charge in [-0.25, -0.2) is 9.97 Å². The number of amidine groups is 1. The molecule has 2 aromatic rings. The second kappa shape index (κ2) is 4.95. The number of nitrogens with zero attached hydrogens (tertiary/aromatic N) is 3. The Balaban J connectivity index is 2.14. The largest absolute Gasteiger partial charge is 0.409 e. The van der Waals surface area contributed by atoms with Gasteiger partial charge < -0.3 is 10.9 Å². The van der Waals surface area contributed by atoms with Crippen molar-refractivity contribution in [3.8, 4) is 0 Å². The molecule has 0 saturated heterocycles. The molecule has 3 N–H and O–H groups in total. The van der Waals surface area contributed by atoms with Gasteiger partial charge in [0.15, 0.2) is 10.2 Å². The fourth-order valence-electron chi connectivity index (χ4n) is 1.00. The van der Waals surface area contributed by atoms with E-state index in [2.05, 4.69) is 15.1 Å². The number of thiazole rings is 1. The molecular weight excluding hydrogens is 244 g/mol. The first kappa shape index (κ1) is 10.9. The second-order valence-corrected chi connectivity index (χ2v) is 4.93. The minimum atomic E-state index is 0.0540. The molecule has 5 nitrogen and oxygen atoms in total. The van der Waals surface area contributed by atoms with Crippen LogP contribution >= 0.6 is 23.1 Å². The van der Waals surface area contributed by atoms with Gasteiger partial charge in [-0.15, -0.1) is 11.3 Å². The normalized spacial score (nSPS) is 11.6. The Bertz CT molecular complexity index is 481. The molecule has 0 atom stereocenters. The number of pyridine rings is 1. The van der Waals surface area contributed by atoms with Crippen molar-refractivity contribution in [2.45, 2.75) is 9.37 Å². The summed E-state index contributed by atoms with van der Waals surface area (Å²) < 4.78 is 0.934. The molecule has 0 saturated carbocycles. The Morgan fingerprint density at radius 2 is 2.31 bits per heavy atom. The summed E-state index contributed by atoms with van der Waals surface area (Å²) in [5.74, 6) is 0.0540. The highest BCUT2D eigenvalue weighted by molar-refractivity contribution is 8.00. The lowest BCUT2D eigenvalue weighted by Gasteiger charge is -1.99. The van der Waals surface area contributed by atoms with E-state index in [9.17, 15) is 0 Å². The average Bonchev–Trinajstić information content (AvgIpc) is 2.82. The van der Waals surface area contributed by atoms with Crippen LogP contribution in [0.4, 0.5) is 0 Å². The van der Waals surface area contributed by atoms with Crippen molar-refractivity contribution in [3.05, 3.63) is 35.5 Å². The second-order valence-electron chi connectivity index (χ2n) is 2.77. The van der Waals surface area contributed by atoms with Crippen molar-refractivity contribution in [1.82, 2.24) is 9.97 Å². The minimum absolute atomic E-state index is 0.0540. The molecule has 2 heterocycles. The van der Waals surface area contributed by atoms with Crippen molar-refractivity contribution >= 4 is 28.9 Å². The number of nitrogens with two attached hydrogens (primary N) is 1. The molecule has 0 aliphatic heterocycles. The van der Waals surface area contributed by atoms with Crippen LogP contribution in [0.2, 0.25) is 0 Å². The van der Waals surface area contributed by atoms with Crippen LogP contribution < -0.4 is 5.73 Å². The Hall–Kier alpha value is -1.60. The van der Waals surface area contributed by atoms with Gasteiger partial charge in [-0.1, -0.05) is 5.16 Å². The topological polar surface area (TPSA) is 84.4 Å². The fourth-order valence-corrected chi connectivity index (χ4v) is 2.51. The Morgan fingerprint density at radius 3 is 2.88 bits per heavy atom. The lowest BCUT2D eigenvalue weighted by Crippen LogP contribution is -2.13. The molecule has 82 valence electrons. The molecular formula is C9H8N4OS2. The van der Waals surface area contributed by atoms with E-state index in [0.717, 1.165) is 9.37 Å². The van der Waals surface area contributed by atoms with Crippen LogP contribution in [0.25, 0.3) is 0 Å². The molecule has 0 fully saturated rings. The van der Waals surface area contributed by atoms with Crippen LogP contribution in [0.3, 0.4) is 0 Å². The van der Waals surface area contributed by atoms with Gasteiger partial charge in [0, 0.05) is 23.3 Å². The van der Waals surface area contributed by atoms with Crippen LogP contribution in [-0.4, -0.2) is 21.0 Å². The molecule has 7 heteroatoms. The van der Waals surface area contributed by atoms with Gasteiger partial charge in [0.25, 0.3) is 0 Å². The summed E-state index contributed by atoms with van der Waals surface area (Å²) >= 11 is 3.03. The maximum absolute atomic E-state index is 8.49. The molecule has 2 rings (SSSR count). The third kappa shape index (κ3) is 2.50. The molecule has 0 spiro atoms. The average molecular weight is 252 g/mol. The lowest BCUT2D eigenvalue weighted by molar-refractivity contribution is 0.318. The van der Waals surface area contributed by atoms with Gasteiger partial charge in [-0.3, -0.25) is 0 Å². The summed E-state index contributed by atoms with van der Waals surface area (Å²) in [6.07, 6.45) is 3.31. The molecule has 0 aromatic carbocycles. The fraction of sp³-hybridized carbons (Fsp3) is 0. The van der Waals surface area contributed by atoms with Crippen LogP contribution in [0.15, 0.2) is 44.4 Å². The molecule has 2 aromatic heterocycles. The number of rotatable bonds is 3. The van der Waals surface area contributed by atoms with E-state index < -0.39 is 0 Å². The van der Waals surface area contributed by atoms with Crippen molar-refractivity contribution in [1.29, 1.82) is 0 Å². The maximum atomic E-state index is 8.49. The zero-order valence-electron chi connectivity index (χ0n) is 8.07. The van der Waals surface area contributed by atoms with Crippen molar-refractivity contribution in [2.75, 3.05) is 0 Å². The SMILES string of the molecule is N/C(=N/O)c1ccc(Sc2nccs2)nc1. The Labute approximate surface area is 100 Å². The van der Waals surface area contributed by atoms with Crippen molar-refractivity contribution in [2.24, 2.45) is 10.9 Å². The summed E-state index contributed by atoms with van der Waals surface area (Å²) in [5.41, 5.74) is 6.01. The van der Waals surface area contributed by atoms with Gasteiger partial charge in [0.05, 0.1) is 0 Å². The number of aromatic nitrogens is 2. The molecule has 0 unspecified atom stereocenters. The van der Waals surface area contributed by atoms with E-state index in [1.807, 2.05) is 5.38 Å². The third-order valence-electron chi connectivity index (χ3n) is 1.74. The van der Waals surface area contributed by atoms with Gasteiger partial charge in [0.1, 0.15) is 5.03 Å². The summed E-state index contributed by atoms with van der Waals surface area (Å²) in [6.45, 7) is 0. The standard InChI is InChI=1S/C9H8N4OS2/c10-8(13-14)6-1-2-7(12-5-6)16-9-11-3-4-15-9/h1-5,14H,(H2,10,13). The predicted molar refractivity (Wildman–Crippen MR) is 63.0 cm³/mol. The van der Waals surface area contributed by atoms with Crippen LogP contribution in [0.1, 0.15) is 5.56 Å². The minimum Gasteiger partial charge on any atom is -0.409 e. The molecule has 0 amide bonds. The highest BCUT2D eigenvalue weighted by Crippen LogP contribution is 2.27. The molecule has 0 aliphatic carbocycles. The van der Waals surface area contributed by atoms with Gasteiger partial charge >= 0.3 is 0 Å². The summed E-state index contributed by atoms with van der Waals surface area (Å²) in [5, 5.41) is 14.1. The molecule has 0 aliphatic rings. The van der Waals surface area contributed by atoms with E-state index in [-0.39, 0.29) is 5.84 Å². The Kier molecular flexibility index (Phi) is 3.37. The van der Waals surface area contributed by atoms with E-state index in [1.54, 1.807) is 35.9 Å². The summed E-state index contributed by atoms with van der Waals surface area (Å²) in [7, 11) is 0. The monoisotopic (exact) mass is 252 g/mol. The van der Waals surface area contributed by atoms with Gasteiger partial charge in [-0.2, -0.15) is 0 Å². The highest BCUT2D eigenvalue weighted by atomic mass is 32.2. The third-order valence-corrected chi connectivity index (χ3v) is 3.58. The van der Waals surface area contributed by atoms with Gasteiger partial charge in [-0.05, 0) is 23.9 Å². The smallest absolute Gasteiger partial charge is 0.171 e. The molecule has 0 bridgehead atoms. The zero-order chi connectivity index (χ0) is 11.4. The number of oxime groups is 1. The van der Waals surface area contributed by atoms with Crippen LogP contribution in [0.5, 0.6) is 0 Å².